The molecule has 1 rings (SSSR count). The Balaban J connectivity index is 2.93. The average Bonchev–Trinajstić information content (AvgIpc) is 2.13. The quantitative estimate of drug-likeness (QED) is 0.898. The van der Waals surface area contributed by atoms with E-state index in [0.717, 1.165) is 6.07 Å². The van der Waals surface area contributed by atoms with Crippen molar-refractivity contribution in [1.82, 2.24) is 0 Å². The van der Waals surface area contributed by atoms with E-state index in [-0.39, 0.29) is 5.69 Å². The molecule has 0 unspecified atom stereocenters. The van der Waals surface area contributed by atoms with Crippen molar-refractivity contribution >= 4 is 27.7 Å². The minimum atomic E-state index is -0.668. The highest BCUT2D eigenvalue weighted by Gasteiger charge is 2.18. The van der Waals surface area contributed by atoms with E-state index in [1.54, 1.807) is 20.8 Å². The normalized spacial score (nSPS) is 11.0. The van der Waals surface area contributed by atoms with Gasteiger partial charge in [0, 0.05) is 6.07 Å². The minimum absolute atomic E-state index is 0.207. The first kappa shape index (κ1) is 14.8. The average molecular weight is 320 g/mol. The van der Waals surface area contributed by atoms with Crippen LogP contribution in [0.2, 0.25) is 0 Å². The minimum Gasteiger partial charge on any atom is -0.493 e. The van der Waals surface area contributed by atoms with Gasteiger partial charge in [-0.1, -0.05) is 0 Å². The molecule has 1 N–H and O–H groups in total. The van der Waals surface area contributed by atoms with Gasteiger partial charge in [0.15, 0.2) is 5.75 Å². The van der Waals surface area contributed by atoms with E-state index in [9.17, 15) is 9.18 Å². The van der Waals surface area contributed by atoms with Gasteiger partial charge in [-0.15, -0.1) is 0 Å². The number of ether oxygens (including phenoxy) is 2. The highest BCUT2D eigenvalue weighted by atomic mass is 79.9. The van der Waals surface area contributed by atoms with Gasteiger partial charge in [-0.25, -0.2) is 9.18 Å². The Morgan fingerprint density at radius 1 is 1.39 bits per heavy atom. The SMILES string of the molecule is COc1c(Br)cc(F)cc1NC(=O)OC(C)(C)C. The summed E-state index contributed by atoms with van der Waals surface area (Å²) in [5.41, 5.74) is -0.416. The van der Waals surface area contributed by atoms with Crippen molar-refractivity contribution in [3.8, 4) is 5.75 Å². The number of rotatable bonds is 2. The van der Waals surface area contributed by atoms with Crippen LogP contribution in [-0.4, -0.2) is 18.8 Å². The molecule has 4 nitrogen and oxygen atoms in total. The summed E-state index contributed by atoms with van der Waals surface area (Å²) in [5, 5.41) is 2.44. The molecule has 0 radical (unpaired) electrons. The highest BCUT2D eigenvalue weighted by molar-refractivity contribution is 9.10. The van der Waals surface area contributed by atoms with Crippen LogP contribution in [-0.2, 0) is 4.74 Å². The Hall–Kier alpha value is -1.30. The summed E-state index contributed by atoms with van der Waals surface area (Å²) in [5.74, 6) is -0.156. The molecule has 100 valence electrons. The molecule has 18 heavy (non-hydrogen) atoms. The number of nitrogens with one attached hydrogen (secondary N) is 1. The fourth-order valence-electron chi connectivity index (χ4n) is 1.27. The van der Waals surface area contributed by atoms with E-state index in [0.29, 0.717) is 10.2 Å². The predicted octanol–water partition coefficient (Wildman–Crippen LogP) is 3.94. The second-order valence-corrected chi connectivity index (χ2v) is 5.45. The zero-order valence-corrected chi connectivity index (χ0v) is 12.2. The number of halogens is 2. The number of anilines is 1. The van der Waals surface area contributed by atoms with Crippen LogP contribution in [0, 0.1) is 5.82 Å². The first-order valence-electron chi connectivity index (χ1n) is 5.26. The highest BCUT2D eigenvalue weighted by Crippen LogP contribution is 2.34. The molecule has 0 saturated carbocycles. The van der Waals surface area contributed by atoms with E-state index in [1.165, 1.54) is 13.2 Å². The maximum absolute atomic E-state index is 13.3. The van der Waals surface area contributed by atoms with Gasteiger partial charge < -0.3 is 9.47 Å². The standard InChI is InChI=1S/C12H15BrFNO3/c1-12(2,3)18-11(16)15-9-6-7(14)5-8(13)10(9)17-4/h5-6H,1-4H3,(H,15,16). The molecule has 0 aliphatic heterocycles. The molecule has 1 aromatic rings. The van der Waals surface area contributed by atoms with Crippen LogP contribution >= 0.6 is 15.9 Å². The molecule has 0 aliphatic rings. The second kappa shape index (κ2) is 5.56. The summed E-state index contributed by atoms with van der Waals surface area (Å²) in [6, 6.07) is 2.41. The Morgan fingerprint density at radius 3 is 2.50 bits per heavy atom. The Labute approximate surface area is 114 Å². The van der Waals surface area contributed by atoms with Crippen LogP contribution in [0.4, 0.5) is 14.9 Å². The van der Waals surface area contributed by atoms with E-state index >= 15 is 0 Å². The van der Waals surface area contributed by atoms with Crippen molar-refractivity contribution in [1.29, 1.82) is 0 Å². The summed E-state index contributed by atoms with van der Waals surface area (Å²) in [7, 11) is 1.43. The summed E-state index contributed by atoms with van der Waals surface area (Å²) >= 11 is 3.15. The number of methoxy groups -OCH3 is 1. The fraction of sp³-hybridized carbons (Fsp3) is 0.417. The number of amides is 1. The second-order valence-electron chi connectivity index (χ2n) is 4.60. The van der Waals surface area contributed by atoms with Gasteiger partial charge in [-0.2, -0.15) is 0 Å². The first-order chi connectivity index (χ1) is 8.23. The lowest BCUT2D eigenvalue weighted by Crippen LogP contribution is -2.27. The van der Waals surface area contributed by atoms with Crippen molar-refractivity contribution in [2.24, 2.45) is 0 Å². The lowest BCUT2D eigenvalue weighted by atomic mass is 10.2. The summed E-state index contributed by atoms with van der Waals surface area (Å²) in [4.78, 5) is 11.6. The number of carbonyl (C=O) groups is 1. The lowest BCUT2D eigenvalue weighted by Gasteiger charge is -2.20. The third kappa shape index (κ3) is 4.18. The van der Waals surface area contributed by atoms with Gasteiger partial charge in [-0.3, -0.25) is 5.32 Å². The molecule has 1 aromatic carbocycles. The van der Waals surface area contributed by atoms with Crippen molar-refractivity contribution < 1.29 is 18.7 Å². The van der Waals surface area contributed by atoms with Crippen LogP contribution < -0.4 is 10.1 Å². The van der Waals surface area contributed by atoms with Crippen molar-refractivity contribution in [2.45, 2.75) is 26.4 Å². The zero-order chi connectivity index (χ0) is 13.9. The van der Waals surface area contributed by atoms with Crippen molar-refractivity contribution in [3.63, 3.8) is 0 Å². The molecule has 6 heteroatoms. The molecule has 0 saturated heterocycles. The van der Waals surface area contributed by atoms with Crippen LogP contribution in [0.5, 0.6) is 5.75 Å². The molecule has 1 amide bonds. The maximum Gasteiger partial charge on any atom is 0.412 e. The topological polar surface area (TPSA) is 47.6 Å². The lowest BCUT2D eigenvalue weighted by molar-refractivity contribution is 0.0635. The fourth-order valence-corrected chi connectivity index (χ4v) is 1.87. The van der Waals surface area contributed by atoms with Gasteiger partial charge in [-0.05, 0) is 42.8 Å². The van der Waals surface area contributed by atoms with Crippen molar-refractivity contribution in [3.05, 3.63) is 22.4 Å². The summed E-state index contributed by atoms with van der Waals surface area (Å²) in [6.07, 6.45) is -0.668. The smallest absolute Gasteiger partial charge is 0.412 e. The van der Waals surface area contributed by atoms with Gasteiger partial charge in [0.1, 0.15) is 11.4 Å². The third-order valence-electron chi connectivity index (χ3n) is 1.85. The van der Waals surface area contributed by atoms with Crippen LogP contribution in [0.25, 0.3) is 0 Å². The molecule has 0 heterocycles. The zero-order valence-electron chi connectivity index (χ0n) is 10.6. The molecule has 0 spiro atoms. The van der Waals surface area contributed by atoms with Crippen LogP contribution in [0.3, 0.4) is 0 Å². The van der Waals surface area contributed by atoms with E-state index in [4.69, 9.17) is 9.47 Å². The van der Waals surface area contributed by atoms with Crippen LogP contribution in [0.1, 0.15) is 20.8 Å². The Bertz CT molecular complexity index is 457. The molecule has 0 bridgehead atoms. The number of carbonyl (C=O) groups excluding carboxylic acids is 1. The molecular weight excluding hydrogens is 305 g/mol. The largest absolute Gasteiger partial charge is 0.493 e. The monoisotopic (exact) mass is 319 g/mol. The summed E-state index contributed by atoms with van der Waals surface area (Å²) in [6.45, 7) is 5.22. The molecule has 0 fully saturated rings. The molecular formula is C12H15BrFNO3. The van der Waals surface area contributed by atoms with Crippen LogP contribution in [0.15, 0.2) is 16.6 Å². The van der Waals surface area contributed by atoms with E-state index < -0.39 is 17.5 Å². The van der Waals surface area contributed by atoms with Gasteiger partial charge in [0.2, 0.25) is 0 Å². The number of hydrogen-bond acceptors (Lipinski definition) is 3. The molecule has 0 aromatic heterocycles. The maximum atomic E-state index is 13.3. The number of hydrogen-bond donors (Lipinski definition) is 1. The molecule has 0 aliphatic carbocycles. The third-order valence-corrected chi connectivity index (χ3v) is 2.44. The Morgan fingerprint density at radius 2 is 2.00 bits per heavy atom. The van der Waals surface area contributed by atoms with E-state index in [1.807, 2.05) is 0 Å². The number of benzene rings is 1. The van der Waals surface area contributed by atoms with E-state index in [2.05, 4.69) is 21.2 Å². The van der Waals surface area contributed by atoms with Gasteiger partial charge in [0.25, 0.3) is 0 Å². The van der Waals surface area contributed by atoms with Gasteiger partial charge >= 0.3 is 6.09 Å². The summed E-state index contributed by atoms with van der Waals surface area (Å²) < 4.78 is 23.8. The first-order valence-corrected chi connectivity index (χ1v) is 6.05. The Kier molecular flexibility index (Phi) is 4.56. The van der Waals surface area contributed by atoms with Crippen molar-refractivity contribution in [2.75, 3.05) is 12.4 Å². The molecule has 0 atom stereocenters. The predicted molar refractivity (Wildman–Crippen MR) is 70.5 cm³/mol. The van der Waals surface area contributed by atoms with Gasteiger partial charge in [0.05, 0.1) is 17.3 Å².